The van der Waals surface area contributed by atoms with Crippen molar-refractivity contribution in [2.45, 2.75) is 19.4 Å². The number of nitrogens with one attached hydrogen (secondary N) is 1. The van der Waals surface area contributed by atoms with Gasteiger partial charge in [-0.05, 0) is 51.7 Å². The van der Waals surface area contributed by atoms with Gasteiger partial charge in [0.2, 0.25) is 11.7 Å². The van der Waals surface area contributed by atoms with Gasteiger partial charge in [0.15, 0.2) is 11.5 Å². The molecule has 1 aliphatic heterocycles. The van der Waals surface area contributed by atoms with Crippen LogP contribution in [0.15, 0.2) is 42.5 Å². The molecule has 1 N–H and O–H groups in total. The quantitative estimate of drug-likeness (QED) is 0.688. The minimum atomic E-state index is -0.240. The second kappa shape index (κ2) is 7.83. The van der Waals surface area contributed by atoms with Crippen molar-refractivity contribution in [1.82, 2.24) is 20.2 Å². The minimum Gasteiger partial charge on any atom is -0.493 e. The van der Waals surface area contributed by atoms with Crippen molar-refractivity contribution in [3.8, 4) is 17.2 Å². The van der Waals surface area contributed by atoms with E-state index >= 15 is 0 Å². The molecule has 1 atom stereocenters. The zero-order chi connectivity index (χ0) is 20.4. The van der Waals surface area contributed by atoms with E-state index < -0.39 is 0 Å². The van der Waals surface area contributed by atoms with Crippen LogP contribution in [0.1, 0.15) is 29.7 Å². The molecule has 0 fully saturated rings. The number of rotatable bonds is 6. The van der Waals surface area contributed by atoms with E-state index in [0.29, 0.717) is 23.2 Å². The first-order chi connectivity index (χ1) is 14.2. The Kier molecular flexibility index (Phi) is 5.07. The lowest BCUT2D eigenvalue weighted by Crippen LogP contribution is -2.20. The number of fused-ring (bicyclic) bond motifs is 1. The summed E-state index contributed by atoms with van der Waals surface area (Å²) in [7, 11) is 4.78. The van der Waals surface area contributed by atoms with E-state index in [1.54, 1.807) is 26.0 Å². The molecule has 4 rings (SSSR count). The summed E-state index contributed by atoms with van der Waals surface area (Å²) in [5.74, 6) is 2.28. The van der Waals surface area contributed by atoms with E-state index in [1.807, 2.05) is 12.1 Å². The highest BCUT2D eigenvalue weighted by Gasteiger charge is 2.26. The smallest absolute Gasteiger partial charge is 0.248 e. The van der Waals surface area contributed by atoms with Gasteiger partial charge in [0.25, 0.3) is 0 Å². The SMILES string of the molecule is CCc1ccc(C2=C[C@@H](c3cc(OC)c(OC)c(OC)c3)n3nnnc3N2)cc1. The minimum absolute atomic E-state index is 0.240. The van der Waals surface area contributed by atoms with Gasteiger partial charge in [-0.1, -0.05) is 36.3 Å². The molecular weight excluding hydrogens is 370 g/mol. The molecule has 0 spiro atoms. The van der Waals surface area contributed by atoms with Crippen LogP contribution in [0.2, 0.25) is 0 Å². The number of anilines is 1. The largest absolute Gasteiger partial charge is 0.493 e. The Labute approximate surface area is 169 Å². The first kappa shape index (κ1) is 18.8. The fourth-order valence-corrected chi connectivity index (χ4v) is 3.45. The number of benzene rings is 2. The monoisotopic (exact) mass is 393 g/mol. The molecular formula is C21H23N5O3. The first-order valence-corrected chi connectivity index (χ1v) is 9.34. The topological polar surface area (TPSA) is 83.3 Å². The molecule has 0 unspecified atom stereocenters. The van der Waals surface area contributed by atoms with Crippen LogP contribution < -0.4 is 19.5 Å². The third-order valence-electron chi connectivity index (χ3n) is 5.03. The third-order valence-corrected chi connectivity index (χ3v) is 5.03. The highest BCUT2D eigenvalue weighted by atomic mass is 16.5. The van der Waals surface area contributed by atoms with Crippen LogP contribution in [0.4, 0.5) is 5.95 Å². The summed E-state index contributed by atoms with van der Waals surface area (Å²) < 4.78 is 18.2. The van der Waals surface area contributed by atoms with Crippen LogP contribution in [0, 0.1) is 0 Å². The predicted molar refractivity (Wildman–Crippen MR) is 109 cm³/mol. The Bertz CT molecular complexity index is 1020. The Balaban J connectivity index is 1.82. The Hall–Kier alpha value is -3.55. The van der Waals surface area contributed by atoms with Gasteiger partial charge in [-0.15, -0.1) is 0 Å². The third kappa shape index (κ3) is 3.37. The van der Waals surface area contributed by atoms with E-state index in [0.717, 1.165) is 23.2 Å². The van der Waals surface area contributed by atoms with Gasteiger partial charge < -0.3 is 19.5 Å². The Morgan fingerprint density at radius 1 is 1.00 bits per heavy atom. The maximum atomic E-state index is 5.51. The number of hydrogen-bond acceptors (Lipinski definition) is 7. The molecule has 0 aliphatic carbocycles. The van der Waals surface area contributed by atoms with Crippen molar-refractivity contribution in [3.63, 3.8) is 0 Å². The number of aryl methyl sites for hydroxylation is 1. The maximum absolute atomic E-state index is 5.51. The van der Waals surface area contributed by atoms with Gasteiger partial charge in [0, 0.05) is 5.70 Å². The molecule has 1 aromatic heterocycles. The van der Waals surface area contributed by atoms with Crippen molar-refractivity contribution in [2.75, 3.05) is 26.6 Å². The summed E-state index contributed by atoms with van der Waals surface area (Å²) in [6.07, 6.45) is 3.09. The number of allylic oxidation sites excluding steroid dienone is 1. The Morgan fingerprint density at radius 2 is 1.69 bits per heavy atom. The molecule has 0 saturated heterocycles. The number of nitrogens with zero attached hydrogens (tertiary/aromatic N) is 4. The fourth-order valence-electron chi connectivity index (χ4n) is 3.45. The standard InChI is InChI=1S/C21H23N5O3/c1-5-13-6-8-14(9-7-13)16-12-17(26-21(22-16)23-24-25-26)15-10-18(27-2)20(29-4)19(11-15)28-3/h6-12,17H,5H2,1-4H3,(H,22,23,25)/t17-/m0/s1. The van der Waals surface area contributed by atoms with Crippen LogP contribution in [0.5, 0.6) is 17.2 Å². The lowest BCUT2D eigenvalue weighted by Gasteiger charge is -2.24. The molecule has 1 aliphatic rings. The van der Waals surface area contributed by atoms with Crippen molar-refractivity contribution in [1.29, 1.82) is 0 Å². The molecule has 0 amide bonds. The molecule has 0 radical (unpaired) electrons. The summed E-state index contributed by atoms with van der Waals surface area (Å²) in [6.45, 7) is 2.14. The highest BCUT2D eigenvalue weighted by Crippen LogP contribution is 2.42. The van der Waals surface area contributed by atoms with Gasteiger partial charge >= 0.3 is 0 Å². The molecule has 150 valence electrons. The van der Waals surface area contributed by atoms with Gasteiger partial charge in [-0.2, -0.15) is 4.68 Å². The Morgan fingerprint density at radius 3 is 2.28 bits per heavy atom. The number of hydrogen-bond donors (Lipinski definition) is 1. The summed E-state index contributed by atoms with van der Waals surface area (Å²) >= 11 is 0. The van der Waals surface area contributed by atoms with Gasteiger partial charge in [0.1, 0.15) is 6.04 Å². The van der Waals surface area contributed by atoms with Crippen LogP contribution in [-0.2, 0) is 6.42 Å². The summed E-state index contributed by atoms with van der Waals surface area (Å²) in [6, 6.07) is 12.0. The second-order valence-corrected chi connectivity index (χ2v) is 6.61. The van der Waals surface area contributed by atoms with Crippen LogP contribution >= 0.6 is 0 Å². The van der Waals surface area contributed by atoms with Crippen molar-refractivity contribution < 1.29 is 14.2 Å². The zero-order valence-electron chi connectivity index (χ0n) is 16.8. The van der Waals surface area contributed by atoms with Crippen molar-refractivity contribution in [3.05, 3.63) is 59.2 Å². The van der Waals surface area contributed by atoms with Crippen LogP contribution in [0.3, 0.4) is 0 Å². The second-order valence-electron chi connectivity index (χ2n) is 6.61. The number of tetrazole rings is 1. The number of methoxy groups -OCH3 is 3. The summed E-state index contributed by atoms with van der Waals surface area (Å²) in [5, 5.41) is 15.4. The van der Waals surface area contributed by atoms with Gasteiger partial charge in [-0.25, -0.2) is 0 Å². The molecule has 3 aromatic rings. The molecule has 2 aromatic carbocycles. The van der Waals surface area contributed by atoms with Crippen LogP contribution in [0.25, 0.3) is 5.70 Å². The fraction of sp³-hybridized carbons (Fsp3) is 0.286. The highest BCUT2D eigenvalue weighted by molar-refractivity contribution is 5.77. The number of aromatic nitrogens is 4. The van der Waals surface area contributed by atoms with Gasteiger partial charge in [0.05, 0.1) is 21.3 Å². The van der Waals surface area contributed by atoms with E-state index in [9.17, 15) is 0 Å². The predicted octanol–water partition coefficient (Wildman–Crippen LogP) is 3.32. The lowest BCUT2D eigenvalue weighted by atomic mass is 10.00. The first-order valence-electron chi connectivity index (χ1n) is 9.34. The van der Waals surface area contributed by atoms with E-state index in [2.05, 4.69) is 58.1 Å². The molecule has 29 heavy (non-hydrogen) atoms. The number of ether oxygens (including phenoxy) is 3. The van der Waals surface area contributed by atoms with E-state index in [1.165, 1.54) is 5.56 Å². The van der Waals surface area contributed by atoms with E-state index in [4.69, 9.17) is 14.2 Å². The summed E-state index contributed by atoms with van der Waals surface area (Å²) in [4.78, 5) is 0. The van der Waals surface area contributed by atoms with Crippen LogP contribution in [-0.4, -0.2) is 41.5 Å². The average molecular weight is 393 g/mol. The van der Waals surface area contributed by atoms with Gasteiger partial charge in [-0.3, -0.25) is 0 Å². The molecule has 8 heteroatoms. The molecule has 0 saturated carbocycles. The maximum Gasteiger partial charge on any atom is 0.248 e. The lowest BCUT2D eigenvalue weighted by molar-refractivity contribution is 0.323. The zero-order valence-corrected chi connectivity index (χ0v) is 16.8. The van der Waals surface area contributed by atoms with Crippen molar-refractivity contribution >= 4 is 11.6 Å². The summed E-state index contributed by atoms with van der Waals surface area (Å²) in [5.41, 5.74) is 4.20. The van der Waals surface area contributed by atoms with E-state index in [-0.39, 0.29) is 6.04 Å². The normalized spacial score (nSPS) is 15.2. The molecule has 8 nitrogen and oxygen atoms in total. The molecule has 0 bridgehead atoms. The van der Waals surface area contributed by atoms with Crippen molar-refractivity contribution in [2.24, 2.45) is 0 Å². The molecule has 2 heterocycles. The average Bonchev–Trinajstić information content (AvgIpc) is 3.26.